The summed E-state index contributed by atoms with van der Waals surface area (Å²) >= 11 is 0. The van der Waals surface area contributed by atoms with Gasteiger partial charge in [0.15, 0.2) is 0 Å². The van der Waals surface area contributed by atoms with Crippen molar-refractivity contribution in [2.24, 2.45) is 5.41 Å². The van der Waals surface area contributed by atoms with E-state index in [1.807, 2.05) is 31.2 Å². The Balaban J connectivity index is 1.57. The van der Waals surface area contributed by atoms with E-state index in [1.165, 1.54) is 5.56 Å². The normalized spacial score (nSPS) is 18.2. The van der Waals surface area contributed by atoms with Gasteiger partial charge in [-0.2, -0.15) is 0 Å². The Hall–Kier alpha value is -3.47. The molecular formula is C27H29N3O2. The molecule has 4 rings (SSSR count). The van der Waals surface area contributed by atoms with Crippen LogP contribution in [0.15, 0.2) is 79.0 Å². The van der Waals surface area contributed by atoms with Crippen LogP contribution in [0.1, 0.15) is 35.8 Å². The van der Waals surface area contributed by atoms with E-state index in [-0.39, 0.29) is 11.8 Å². The molecule has 1 fully saturated rings. The number of nitrogens with zero attached hydrogens (tertiary/aromatic N) is 2. The van der Waals surface area contributed by atoms with Gasteiger partial charge in [0, 0.05) is 25.8 Å². The van der Waals surface area contributed by atoms with Crippen LogP contribution in [-0.2, 0) is 11.2 Å². The lowest BCUT2D eigenvalue weighted by molar-refractivity contribution is -0.133. The molecule has 1 aliphatic rings. The Kier molecular flexibility index (Phi) is 6.64. The van der Waals surface area contributed by atoms with Crippen LogP contribution < -0.4 is 5.32 Å². The van der Waals surface area contributed by atoms with Crippen LogP contribution >= 0.6 is 0 Å². The largest absolute Gasteiger partial charge is 0.356 e. The smallest absolute Gasteiger partial charge is 0.272 e. The highest BCUT2D eigenvalue weighted by molar-refractivity contribution is 5.93. The van der Waals surface area contributed by atoms with Crippen LogP contribution in [-0.4, -0.2) is 41.3 Å². The molecule has 2 amide bonds. The number of carbonyl (C=O) groups is 2. The maximum absolute atomic E-state index is 13.3. The van der Waals surface area contributed by atoms with Gasteiger partial charge in [-0.3, -0.25) is 14.6 Å². The Morgan fingerprint density at radius 1 is 0.969 bits per heavy atom. The molecule has 3 aromatic rings. The third-order valence-electron chi connectivity index (χ3n) is 6.17. The van der Waals surface area contributed by atoms with Crippen molar-refractivity contribution in [3.05, 3.63) is 90.3 Å². The standard InChI is InChI=1S/C27H29N3O2/c1-2-28-26(32)27(16-8-18-30(20-27)25(31)24-11-6-7-17-29-24)19-21-12-14-23(15-13-21)22-9-4-3-5-10-22/h3-7,9-15,17H,2,8,16,18-20H2,1H3,(H,28,32). The number of rotatable bonds is 6. The molecule has 1 aliphatic heterocycles. The molecule has 1 atom stereocenters. The van der Waals surface area contributed by atoms with Crippen molar-refractivity contribution in [2.75, 3.05) is 19.6 Å². The first-order valence-corrected chi connectivity index (χ1v) is 11.2. The minimum atomic E-state index is -0.646. The summed E-state index contributed by atoms with van der Waals surface area (Å²) in [6, 6.07) is 24.0. The van der Waals surface area contributed by atoms with Crippen molar-refractivity contribution < 1.29 is 9.59 Å². The predicted octanol–water partition coefficient (Wildman–Crippen LogP) is 4.35. The zero-order valence-corrected chi connectivity index (χ0v) is 18.5. The summed E-state index contributed by atoms with van der Waals surface area (Å²) in [6.07, 6.45) is 3.77. The Bertz CT molecular complexity index is 1050. The zero-order chi connectivity index (χ0) is 22.4. The summed E-state index contributed by atoms with van der Waals surface area (Å²) in [7, 11) is 0. The molecule has 0 radical (unpaired) electrons. The lowest BCUT2D eigenvalue weighted by atomic mass is 9.74. The number of pyridine rings is 1. The second-order valence-corrected chi connectivity index (χ2v) is 8.42. The molecule has 2 aromatic carbocycles. The molecule has 1 saturated heterocycles. The number of likely N-dealkylation sites (tertiary alicyclic amines) is 1. The molecule has 1 unspecified atom stereocenters. The fourth-order valence-corrected chi connectivity index (χ4v) is 4.55. The minimum absolute atomic E-state index is 0.0191. The van der Waals surface area contributed by atoms with Crippen LogP contribution in [0.2, 0.25) is 0 Å². The molecule has 5 nitrogen and oxygen atoms in total. The molecule has 0 saturated carbocycles. The third kappa shape index (κ3) is 4.72. The Morgan fingerprint density at radius 2 is 1.69 bits per heavy atom. The fraction of sp³-hybridized carbons (Fsp3) is 0.296. The number of hydrogen-bond donors (Lipinski definition) is 1. The van der Waals surface area contributed by atoms with E-state index >= 15 is 0 Å². The summed E-state index contributed by atoms with van der Waals surface area (Å²) in [5.74, 6) is -0.0935. The van der Waals surface area contributed by atoms with E-state index < -0.39 is 5.41 Å². The molecular weight excluding hydrogens is 398 g/mol. The average molecular weight is 428 g/mol. The van der Waals surface area contributed by atoms with Gasteiger partial charge < -0.3 is 10.2 Å². The molecule has 1 N–H and O–H groups in total. The van der Waals surface area contributed by atoms with Crippen LogP contribution in [0.4, 0.5) is 0 Å². The van der Waals surface area contributed by atoms with E-state index in [2.05, 4.69) is 46.7 Å². The molecule has 164 valence electrons. The van der Waals surface area contributed by atoms with Crippen molar-refractivity contribution >= 4 is 11.8 Å². The number of aromatic nitrogens is 1. The SMILES string of the molecule is CCNC(=O)C1(Cc2ccc(-c3ccccc3)cc2)CCCN(C(=O)c2ccccn2)C1. The second kappa shape index (κ2) is 9.77. The average Bonchev–Trinajstić information content (AvgIpc) is 2.85. The number of hydrogen-bond acceptors (Lipinski definition) is 3. The first-order chi connectivity index (χ1) is 15.6. The highest BCUT2D eigenvalue weighted by Crippen LogP contribution is 2.35. The summed E-state index contributed by atoms with van der Waals surface area (Å²) in [4.78, 5) is 32.3. The van der Waals surface area contributed by atoms with Gasteiger partial charge in [-0.1, -0.05) is 60.7 Å². The van der Waals surface area contributed by atoms with Gasteiger partial charge >= 0.3 is 0 Å². The number of amides is 2. The van der Waals surface area contributed by atoms with Gasteiger partial charge in [-0.15, -0.1) is 0 Å². The van der Waals surface area contributed by atoms with Crippen LogP contribution in [0.5, 0.6) is 0 Å². The number of benzene rings is 2. The highest BCUT2D eigenvalue weighted by Gasteiger charge is 2.43. The van der Waals surface area contributed by atoms with Gasteiger partial charge in [0.25, 0.3) is 5.91 Å². The molecule has 0 aliphatic carbocycles. The molecule has 1 aromatic heterocycles. The first-order valence-electron chi connectivity index (χ1n) is 11.2. The van der Waals surface area contributed by atoms with Gasteiger partial charge in [0.2, 0.25) is 5.91 Å². The highest BCUT2D eigenvalue weighted by atomic mass is 16.2. The third-order valence-corrected chi connectivity index (χ3v) is 6.17. The summed E-state index contributed by atoms with van der Waals surface area (Å²) < 4.78 is 0. The molecule has 5 heteroatoms. The number of nitrogens with one attached hydrogen (secondary N) is 1. The number of piperidine rings is 1. The maximum atomic E-state index is 13.3. The van der Waals surface area contributed by atoms with E-state index in [0.717, 1.165) is 24.0 Å². The Morgan fingerprint density at radius 3 is 2.38 bits per heavy atom. The maximum Gasteiger partial charge on any atom is 0.272 e. The van der Waals surface area contributed by atoms with E-state index in [9.17, 15) is 9.59 Å². The van der Waals surface area contributed by atoms with Crippen LogP contribution in [0.25, 0.3) is 11.1 Å². The number of carbonyl (C=O) groups excluding carboxylic acids is 2. The van der Waals surface area contributed by atoms with Gasteiger partial charge in [0.1, 0.15) is 5.69 Å². The van der Waals surface area contributed by atoms with Crippen molar-refractivity contribution in [3.63, 3.8) is 0 Å². The molecule has 0 spiro atoms. The van der Waals surface area contributed by atoms with Gasteiger partial charge in [-0.25, -0.2) is 0 Å². The summed E-state index contributed by atoms with van der Waals surface area (Å²) in [6.45, 7) is 3.54. The van der Waals surface area contributed by atoms with E-state index in [1.54, 1.807) is 23.2 Å². The van der Waals surface area contributed by atoms with Crippen molar-refractivity contribution in [3.8, 4) is 11.1 Å². The van der Waals surface area contributed by atoms with Crippen molar-refractivity contribution in [1.29, 1.82) is 0 Å². The molecule has 32 heavy (non-hydrogen) atoms. The minimum Gasteiger partial charge on any atom is -0.356 e. The fourth-order valence-electron chi connectivity index (χ4n) is 4.55. The van der Waals surface area contributed by atoms with E-state index in [0.29, 0.717) is 31.7 Å². The van der Waals surface area contributed by atoms with Crippen molar-refractivity contribution in [1.82, 2.24) is 15.2 Å². The Labute approximate surface area is 189 Å². The van der Waals surface area contributed by atoms with E-state index in [4.69, 9.17) is 0 Å². The first kappa shape index (κ1) is 21.8. The predicted molar refractivity (Wildman–Crippen MR) is 126 cm³/mol. The summed E-state index contributed by atoms with van der Waals surface area (Å²) in [5.41, 5.74) is 3.20. The monoisotopic (exact) mass is 427 g/mol. The lowest BCUT2D eigenvalue weighted by Gasteiger charge is -2.41. The van der Waals surface area contributed by atoms with Crippen molar-refractivity contribution in [2.45, 2.75) is 26.2 Å². The van der Waals surface area contributed by atoms with Gasteiger partial charge in [-0.05, 0) is 55.0 Å². The summed E-state index contributed by atoms with van der Waals surface area (Å²) in [5, 5.41) is 3.02. The lowest BCUT2D eigenvalue weighted by Crippen LogP contribution is -2.54. The molecule has 0 bridgehead atoms. The zero-order valence-electron chi connectivity index (χ0n) is 18.5. The second-order valence-electron chi connectivity index (χ2n) is 8.42. The quantitative estimate of drug-likeness (QED) is 0.636. The molecule has 2 heterocycles. The topological polar surface area (TPSA) is 62.3 Å². The van der Waals surface area contributed by atoms with Crippen LogP contribution in [0.3, 0.4) is 0 Å². The van der Waals surface area contributed by atoms with Crippen LogP contribution in [0, 0.1) is 5.41 Å². The van der Waals surface area contributed by atoms with Gasteiger partial charge in [0.05, 0.1) is 5.41 Å².